The van der Waals surface area contributed by atoms with Crippen molar-refractivity contribution in [3.05, 3.63) is 77.4 Å². The number of nitrogens with zero attached hydrogens (tertiary/aromatic N) is 3. The molecule has 0 spiro atoms. The molecule has 27 heavy (non-hydrogen) atoms. The maximum Gasteiger partial charge on any atom is 0.255 e. The van der Waals surface area contributed by atoms with E-state index in [2.05, 4.69) is 27.2 Å². The molecule has 1 aliphatic rings. The Morgan fingerprint density at radius 2 is 2.11 bits per heavy atom. The lowest BCUT2D eigenvalue weighted by Gasteiger charge is -2.25. The van der Waals surface area contributed by atoms with Gasteiger partial charge in [0.05, 0.1) is 17.9 Å². The average Bonchev–Trinajstić information content (AvgIpc) is 3.08. The van der Waals surface area contributed by atoms with E-state index in [0.29, 0.717) is 11.6 Å². The summed E-state index contributed by atoms with van der Waals surface area (Å²) in [6.45, 7) is 1.98. The van der Waals surface area contributed by atoms with E-state index in [0.717, 1.165) is 35.2 Å². The van der Waals surface area contributed by atoms with Crippen molar-refractivity contribution in [2.24, 2.45) is 0 Å². The first kappa shape index (κ1) is 17.0. The van der Waals surface area contributed by atoms with Crippen LogP contribution in [-0.2, 0) is 0 Å². The van der Waals surface area contributed by atoms with Gasteiger partial charge in [0.1, 0.15) is 0 Å². The normalized spacial score (nSPS) is 13.4. The van der Waals surface area contributed by atoms with Crippen LogP contribution < -0.4 is 5.32 Å². The van der Waals surface area contributed by atoms with Crippen molar-refractivity contribution in [3.8, 4) is 11.8 Å². The number of rotatable bonds is 3. The fourth-order valence-electron chi connectivity index (χ4n) is 2.93. The Kier molecular flexibility index (Phi) is 4.71. The van der Waals surface area contributed by atoms with Crippen molar-refractivity contribution in [2.45, 2.75) is 32.2 Å². The Morgan fingerprint density at radius 1 is 1.22 bits per heavy atom. The largest absolute Gasteiger partial charge is 0.319 e. The van der Waals surface area contributed by atoms with Gasteiger partial charge in [-0.25, -0.2) is 0 Å². The van der Waals surface area contributed by atoms with Crippen molar-refractivity contribution in [1.82, 2.24) is 14.8 Å². The second-order valence-corrected chi connectivity index (χ2v) is 6.77. The predicted molar refractivity (Wildman–Crippen MR) is 104 cm³/mol. The molecule has 5 heteroatoms. The molecule has 1 saturated carbocycles. The van der Waals surface area contributed by atoms with Gasteiger partial charge in [-0.1, -0.05) is 17.9 Å². The summed E-state index contributed by atoms with van der Waals surface area (Å²) in [5.74, 6) is 6.07. The minimum Gasteiger partial charge on any atom is -0.319 e. The fraction of sp³-hybridized carbons (Fsp3) is 0.227. The molecule has 5 nitrogen and oxygen atoms in total. The van der Waals surface area contributed by atoms with Crippen LogP contribution >= 0.6 is 0 Å². The lowest BCUT2D eigenvalue weighted by Crippen LogP contribution is -2.17. The minimum atomic E-state index is -0.160. The van der Waals surface area contributed by atoms with Gasteiger partial charge in [-0.15, -0.1) is 0 Å². The Morgan fingerprint density at radius 3 is 2.85 bits per heavy atom. The van der Waals surface area contributed by atoms with Crippen LogP contribution in [-0.4, -0.2) is 20.7 Å². The summed E-state index contributed by atoms with van der Waals surface area (Å²) < 4.78 is 1.94. The molecule has 0 aliphatic heterocycles. The molecule has 0 saturated heterocycles. The minimum absolute atomic E-state index is 0.160. The Balaban J connectivity index is 1.50. The van der Waals surface area contributed by atoms with Crippen LogP contribution in [0.5, 0.6) is 0 Å². The van der Waals surface area contributed by atoms with Crippen molar-refractivity contribution < 1.29 is 4.79 Å². The molecule has 0 unspecified atom stereocenters. The summed E-state index contributed by atoms with van der Waals surface area (Å²) in [6.07, 6.45) is 10.6. The van der Waals surface area contributed by atoms with Gasteiger partial charge in [0, 0.05) is 35.3 Å². The van der Waals surface area contributed by atoms with E-state index < -0.39 is 0 Å². The quantitative estimate of drug-likeness (QED) is 0.723. The second kappa shape index (κ2) is 7.46. The third-order valence-corrected chi connectivity index (χ3v) is 4.81. The summed E-state index contributed by atoms with van der Waals surface area (Å²) >= 11 is 0. The lowest BCUT2D eigenvalue weighted by atomic mass is 9.93. The zero-order chi connectivity index (χ0) is 18.6. The number of carbonyl (C=O) groups excluding carboxylic acids is 1. The van der Waals surface area contributed by atoms with E-state index in [9.17, 15) is 4.79 Å². The molecule has 1 aromatic carbocycles. The van der Waals surface area contributed by atoms with Gasteiger partial charge in [-0.2, -0.15) is 5.10 Å². The molecular weight excluding hydrogens is 336 g/mol. The molecule has 1 N–H and O–H groups in total. The SMILES string of the molecule is Cc1ccc(C(=O)Nc2cnn(C3CCC3)c2)cc1C#Cc1cccnc1. The Labute approximate surface area is 158 Å². The summed E-state index contributed by atoms with van der Waals surface area (Å²) in [5.41, 5.74) is 4.00. The van der Waals surface area contributed by atoms with Crippen LogP contribution in [0.3, 0.4) is 0 Å². The van der Waals surface area contributed by atoms with Crippen LogP contribution in [0, 0.1) is 18.8 Å². The molecule has 2 heterocycles. The molecule has 1 aliphatic carbocycles. The van der Waals surface area contributed by atoms with Crippen molar-refractivity contribution in [2.75, 3.05) is 5.32 Å². The third-order valence-electron chi connectivity index (χ3n) is 4.81. The monoisotopic (exact) mass is 356 g/mol. The maximum atomic E-state index is 12.6. The number of benzene rings is 1. The number of hydrogen-bond donors (Lipinski definition) is 1. The zero-order valence-corrected chi connectivity index (χ0v) is 15.1. The molecule has 0 bridgehead atoms. The van der Waals surface area contributed by atoms with Crippen molar-refractivity contribution in [1.29, 1.82) is 0 Å². The van der Waals surface area contributed by atoms with Gasteiger partial charge in [-0.05, 0) is 56.0 Å². The van der Waals surface area contributed by atoms with Gasteiger partial charge < -0.3 is 5.32 Å². The summed E-state index contributed by atoms with van der Waals surface area (Å²) in [4.78, 5) is 16.7. The van der Waals surface area contributed by atoms with E-state index in [-0.39, 0.29) is 5.91 Å². The molecule has 0 radical (unpaired) electrons. The second-order valence-electron chi connectivity index (χ2n) is 6.77. The molecule has 1 fully saturated rings. The first-order chi connectivity index (χ1) is 13.2. The third kappa shape index (κ3) is 3.90. The van der Waals surface area contributed by atoms with Crippen LogP contribution in [0.1, 0.15) is 52.4 Å². The molecular formula is C22H20N4O. The zero-order valence-electron chi connectivity index (χ0n) is 15.1. The van der Waals surface area contributed by atoms with Crippen LogP contribution in [0.2, 0.25) is 0 Å². The molecule has 3 aromatic rings. The van der Waals surface area contributed by atoms with E-state index in [1.807, 2.05) is 48.1 Å². The smallest absolute Gasteiger partial charge is 0.255 e. The van der Waals surface area contributed by atoms with E-state index >= 15 is 0 Å². The number of pyridine rings is 1. The van der Waals surface area contributed by atoms with Gasteiger partial charge >= 0.3 is 0 Å². The topological polar surface area (TPSA) is 59.8 Å². The molecule has 4 rings (SSSR count). The average molecular weight is 356 g/mol. The first-order valence-electron chi connectivity index (χ1n) is 9.07. The Bertz CT molecular complexity index is 1020. The number of nitrogens with one attached hydrogen (secondary N) is 1. The van der Waals surface area contributed by atoms with Crippen molar-refractivity contribution >= 4 is 11.6 Å². The lowest BCUT2D eigenvalue weighted by molar-refractivity contribution is 0.102. The molecule has 0 atom stereocenters. The summed E-state index contributed by atoms with van der Waals surface area (Å²) in [5, 5.41) is 7.27. The van der Waals surface area contributed by atoms with E-state index in [1.165, 1.54) is 6.42 Å². The number of hydrogen-bond acceptors (Lipinski definition) is 3. The first-order valence-corrected chi connectivity index (χ1v) is 9.07. The number of amides is 1. The van der Waals surface area contributed by atoms with Crippen LogP contribution in [0.15, 0.2) is 55.1 Å². The number of aryl methyl sites for hydroxylation is 1. The highest BCUT2D eigenvalue weighted by molar-refractivity contribution is 6.04. The molecule has 2 aromatic heterocycles. The number of anilines is 1. The molecule has 134 valence electrons. The van der Waals surface area contributed by atoms with E-state index in [1.54, 1.807) is 18.6 Å². The Hall–Kier alpha value is -3.39. The van der Waals surface area contributed by atoms with Gasteiger partial charge in [0.25, 0.3) is 5.91 Å². The van der Waals surface area contributed by atoms with E-state index in [4.69, 9.17) is 0 Å². The molecule has 1 amide bonds. The fourth-order valence-corrected chi connectivity index (χ4v) is 2.93. The van der Waals surface area contributed by atoms with Gasteiger partial charge in [0.15, 0.2) is 0 Å². The highest BCUT2D eigenvalue weighted by Crippen LogP contribution is 2.31. The summed E-state index contributed by atoms with van der Waals surface area (Å²) in [7, 11) is 0. The predicted octanol–water partition coefficient (Wildman–Crippen LogP) is 3.96. The van der Waals surface area contributed by atoms with Gasteiger partial charge in [0.2, 0.25) is 0 Å². The maximum absolute atomic E-state index is 12.6. The number of carbonyl (C=O) groups is 1. The highest BCUT2D eigenvalue weighted by atomic mass is 16.1. The number of aromatic nitrogens is 3. The van der Waals surface area contributed by atoms with Crippen molar-refractivity contribution in [3.63, 3.8) is 0 Å². The highest BCUT2D eigenvalue weighted by Gasteiger charge is 2.20. The van der Waals surface area contributed by atoms with Gasteiger partial charge in [-0.3, -0.25) is 14.5 Å². The van der Waals surface area contributed by atoms with Crippen LogP contribution in [0.4, 0.5) is 5.69 Å². The standard InChI is InChI=1S/C22H20N4O/c1-16-7-9-19(12-18(16)10-8-17-4-3-11-23-13-17)22(27)25-20-14-24-26(15-20)21-5-2-6-21/h3-4,7,9,11-15,21H,2,5-6H2,1H3,(H,25,27). The van der Waals surface area contributed by atoms with Crippen LogP contribution in [0.25, 0.3) is 0 Å². The summed E-state index contributed by atoms with van der Waals surface area (Å²) in [6, 6.07) is 9.79.